The molecular formula is C18H22ClN3O. The molecule has 0 radical (unpaired) electrons. The number of rotatable bonds is 3. The second kappa shape index (κ2) is 8.65. The van der Waals surface area contributed by atoms with Crippen molar-refractivity contribution in [2.45, 2.75) is 19.4 Å². The standard InChI is InChI=1S/C18H21N3O.ClH/c22-18(16-9-11-19-12-10-16)20-17-8-4-5-13-21(17)14-15-6-2-1-3-7-15;/h1-8,13,16,19H,9-12,14H2;1H. The molecule has 1 amide bonds. The summed E-state index contributed by atoms with van der Waals surface area (Å²) in [5.74, 6) is 0.0705. The number of aromatic nitrogens is 1. The molecule has 2 heterocycles. The van der Waals surface area contributed by atoms with E-state index in [2.05, 4.69) is 22.4 Å². The van der Waals surface area contributed by atoms with E-state index in [1.807, 2.05) is 47.2 Å². The zero-order chi connectivity index (χ0) is 15.2. The number of halogens is 1. The number of carbonyl (C=O) groups is 1. The minimum absolute atomic E-state index is 0. The number of nitrogens with zero attached hydrogens (tertiary/aromatic N) is 2. The molecule has 0 atom stereocenters. The maximum absolute atomic E-state index is 12.4. The van der Waals surface area contributed by atoms with Crippen LogP contribution in [0.5, 0.6) is 0 Å². The Morgan fingerprint density at radius 2 is 1.78 bits per heavy atom. The first-order chi connectivity index (χ1) is 10.8. The highest BCUT2D eigenvalue weighted by Gasteiger charge is 2.20. The van der Waals surface area contributed by atoms with E-state index in [1.165, 1.54) is 5.56 Å². The average Bonchev–Trinajstić information content (AvgIpc) is 2.58. The number of piperidine rings is 1. The van der Waals surface area contributed by atoms with E-state index < -0.39 is 0 Å². The van der Waals surface area contributed by atoms with Gasteiger partial charge >= 0.3 is 0 Å². The fraction of sp³-hybridized carbons (Fsp3) is 0.333. The summed E-state index contributed by atoms with van der Waals surface area (Å²) in [7, 11) is 0. The summed E-state index contributed by atoms with van der Waals surface area (Å²) in [4.78, 5) is 16.7. The molecule has 1 aliphatic rings. The van der Waals surface area contributed by atoms with Crippen molar-refractivity contribution in [1.29, 1.82) is 0 Å². The summed E-state index contributed by atoms with van der Waals surface area (Å²) in [6, 6.07) is 16.0. The first-order valence-corrected chi connectivity index (χ1v) is 7.81. The molecule has 5 heteroatoms. The average molecular weight is 332 g/mol. The Morgan fingerprint density at radius 3 is 2.52 bits per heavy atom. The van der Waals surface area contributed by atoms with Gasteiger partial charge in [-0.3, -0.25) is 4.79 Å². The molecule has 1 aliphatic heterocycles. The van der Waals surface area contributed by atoms with Gasteiger partial charge in [-0.2, -0.15) is 4.99 Å². The quantitative estimate of drug-likeness (QED) is 0.938. The van der Waals surface area contributed by atoms with Gasteiger partial charge < -0.3 is 9.88 Å². The zero-order valence-corrected chi connectivity index (χ0v) is 13.8. The van der Waals surface area contributed by atoms with E-state index in [0.29, 0.717) is 0 Å². The molecule has 3 rings (SSSR count). The fourth-order valence-electron chi connectivity index (χ4n) is 2.76. The molecule has 1 aromatic heterocycles. The van der Waals surface area contributed by atoms with Crippen LogP contribution < -0.4 is 10.8 Å². The van der Waals surface area contributed by atoms with Crippen LogP contribution in [0.3, 0.4) is 0 Å². The summed E-state index contributed by atoms with van der Waals surface area (Å²) in [5, 5.41) is 3.28. The molecule has 0 spiro atoms. The minimum atomic E-state index is 0. The van der Waals surface area contributed by atoms with Crippen molar-refractivity contribution in [3.05, 3.63) is 65.8 Å². The van der Waals surface area contributed by atoms with E-state index in [1.54, 1.807) is 0 Å². The predicted octanol–water partition coefficient (Wildman–Crippen LogP) is 2.39. The number of carbonyl (C=O) groups excluding carboxylic acids is 1. The van der Waals surface area contributed by atoms with Crippen molar-refractivity contribution in [2.24, 2.45) is 10.9 Å². The van der Waals surface area contributed by atoms with Gasteiger partial charge in [-0.05, 0) is 43.6 Å². The fourth-order valence-corrected chi connectivity index (χ4v) is 2.76. The van der Waals surface area contributed by atoms with E-state index in [9.17, 15) is 4.79 Å². The highest BCUT2D eigenvalue weighted by atomic mass is 35.5. The first-order valence-electron chi connectivity index (χ1n) is 7.81. The normalized spacial score (nSPS) is 15.9. The molecule has 4 nitrogen and oxygen atoms in total. The molecule has 2 aromatic rings. The summed E-state index contributed by atoms with van der Waals surface area (Å²) < 4.78 is 2.02. The lowest BCUT2D eigenvalue weighted by Gasteiger charge is -2.19. The molecule has 0 aliphatic carbocycles. The summed E-state index contributed by atoms with van der Waals surface area (Å²) in [6.07, 6.45) is 3.74. The summed E-state index contributed by atoms with van der Waals surface area (Å²) in [5.41, 5.74) is 1.93. The SMILES string of the molecule is Cl.O=C(N=c1ccccn1Cc1ccccc1)C1CCNCC1. The van der Waals surface area contributed by atoms with Crippen LogP contribution in [0.25, 0.3) is 0 Å². The molecule has 1 N–H and O–H groups in total. The van der Waals surface area contributed by atoms with Gasteiger partial charge in [-0.1, -0.05) is 36.4 Å². The molecule has 1 saturated heterocycles. The van der Waals surface area contributed by atoms with Gasteiger partial charge in [-0.25, -0.2) is 0 Å². The first kappa shape index (κ1) is 17.4. The molecule has 0 unspecified atom stereocenters. The third-order valence-electron chi connectivity index (χ3n) is 4.03. The van der Waals surface area contributed by atoms with Gasteiger partial charge in [-0.15, -0.1) is 12.4 Å². The molecule has 1 fully saturated rings. The second-order valence-corrected chi connectivity index (χ2v) is 5.65. The van der Waals surface area contributed by atoms with Crippen molar-refractivity contribution in [1.82, 2.24) is 9.88 Å². The predicted molar refractivity (Wildman–Crippen MR) is 93.4 cm³/mol. The van der Waals surface area contributed by atoms with Crippen molar-refractivity contribution in [2.75, 3.05) is 13.1 Å². The number of nitrogens with one attached hydrogen (secondary N) is 1. The van der Waals surface area contributed by atoms with Crippen molar-refractivity contribution in [3.63, 3.8) is 0 Å². The van der Waals surface area contributed by atoms with Gasteiger partial charge in [0.15, 0.2) is 0 Å². The van der Waals surface area contributed by atoms with Crippen LogP contribution in [0.1, 0.15) is 18.4 Å². The number of pyridine rings is 1. The lowest BCUT2D eigenvalue weighted by atomic mass is 9.98. The topological polar surface area (TPSA) is 46.4 Å². The van der Waals surface area contributed by atoms with E-state index in [-0.39, 0.29) is 24.2 Å². The van der Waals surface area contributed by atoms with Crippen LogP contribution in [-0.2, 0) is 11.3 Å². The smallest absolute Gasteiger partial charge is 0.250 e. The number of benzene rings is 1. The molecular weight excluding hydrogens is 310 g/mol. The van der Waals surface area contributed by atoms with Crippen LogP contribution in [0.15, 0.2) is 59.7 Å². The number of hydrogen-bond acceptors (Lipinski definition) is 2. The van der Waals surface area contributed by atoms with E-state index >= 15 is 0 Å². The van der Waals surface area contributed by atoms with Gasteiger partial charge in [0.2, 0.25) is 0 Å². The number of hydrogen-bond donors (Lipinski definition) is 1. The Morgan fingerprint density at radius 1 is 1.09 bits per heavy atom. The molecule has 122 valence electrons. The van der Waals surface area contributed by atoms with Crippen molar-refractivity contribution in [3.8, 4) is 0 Å². The van der Waals surface area contributed by atoms with Crippen molar-refractivity contribution >= 4 is 18.3 Å². The van der Waals surface area contributed by atoms with Crippen LogP contribution in [0, 0.1) is 5.92 Å². The number of amides is 1. The monoisotopic (exact) mass is 331 g/mol. The maximum atomic E-state index is 12.4. The van der Waals surface area contributed by atoms with Crippen LogP contribution >= 0.6 is 12.4 Å². The summed E-state index contributed by atoms with van der Waals surface area (Å²) >= 11 is 0. The van der Waals surface area contributed by atoms with Crippen molar-refractivity contribution < 1.29 is 4.79 Å². The van der Waals surface area contributed by atoms with E-state index in [4.69, 9.17) is 0 Å². The Bertz CT molecular complexity index is 691. The Kier molecular flexibility index (Phi) is 6.56. The van der Waals surface area contributed by atoms with Gasteiger partial charge in [0.25, 0.3) is 5.91 Å². The Balaban J connectivity index is 0.00000192. The molecule has 0 bridgehead atoms. The third kappa shape index (κ3) is 4.78. The lowest BCUT2D eigenvalue weighted by Crippen LogP contribution is -2.32. The largest absolute Gasteiger partial charge is 0.328 e. The highest BCUT2D eigenvalue weighted by molar-refractivity contribution is 5.85. The van der Waals surface area contributed by atoms with Crippen LogP contribution in [0.2, 0.25) is 0 Å². The zero-order valence-electron chi connectivity index (χ0n) is 13.0. The molecule has 23 heavy (non-hydrogen) atoms. The van der Waals surface area contributed by atoms with Gasteiger partial charge in [0, 0.05) is 18.7 Å². The summed E-state index contributed by atoms with van der Waals surface area (Å²) in [6.45, 7) is 2.54. The Labute approximate surface area is 142 Å². The molecule has 0 saturated carbocycles. The highest BCUT2D eigenvalue weighted by Crippen LogP contribution is 2.12. The second-order valence-electron chi connectivity index (χ2n) is 5.65. The van der Waals surface area contributed by atoms with Gasteiger partial charge in [0.05, 0.1) is 0 Å². The van der Waals surface area contributed by atoms with Crippen LogP contribution in [0.4, 0.5) is 0 Å². The maximum Gasteiger partial charge on any atom is 0.250 e. The third-order valence-corrected chi connectivity index (χ3v) is 4.03. The van der Waals surface area contributed by atoms with Gasteiger partial charge in [0.1, 0.15) is 5.49 Å². The van der Waals surface area contributed by atoms with E-state index in [0.717, 1.165) is 38.0 Å². The molecule has 1 aromatic carbocycles. The van der Waals surface area contributed by atoms with Crippen LogP contribution in [-0.4, -0.2) is 23.6 Å². The lowest BCUT2D eigenvalue weighted by molar-refractivity contribution is -0.122. The minimum Gasteiger partial charge on any atom is -0.328 e. The Hall–Kier alpha value is -1.91.